The molecule has 1 N–H and O–H groups in total. The van der Waals surface area contributed by atoms with Crippen molar-refractivity contribution in [1.29, 1.82) is 5.26 Å². The zero-order valence-electron chi connectivity index (χ0n) is 18.5. The third-order valence-electron chi connectivity index (χ3n) is 5.97. The summed E-state index contributed by atoms with van der Waals surface area (Å²) < 4.78 is 1.45. The lowest BCUT2D eigenvalue weighted by Gasteiger charge is -2.39. The normalized spacial score (nSPS) is 16.7. The first-order valence-corrected chi connectivity index (χ1v) is 10.7. The molecule has 3 heterocycles. The number of hydrogen-bond acceptors (Lipinski definition) is 6. The van der Waals surface area contributed by atoms with Gasteiger partial charge in [0, 0.05) is 37.4 Å². The number of benzene rings is 1. The zero-order chi connectivity index (χ0) is 22.8. The van der Waals surface area contributed by atoms with E-state index in [2.05, 4.69) is 34.9 Å². The Labute approximate surface area is 187 Å². The molecule has 0 spiro atoms. The number of aromatic hydroxyl groups is 1. The average Bonchev–Trinajstić information content (AvgIpc) is 3.19. The van der Waals surface area contributed by atoms with Gasteiger partial charge < -0.3 is 10.0 Å². The zero-order valence-corrected chi connectivity index (χ0v) is 18.5. The van der Waals surface area contributed by atoms with Crippen LogP contribution < -0.4 is 0 Å². The van der Waals surface area contributed by atoms with Crippen molar-refractivity contribution in [1.82, 2.24) is 24.6 Å². The third kappa shape index (κ3) is 3.95. The molecule has 4 rings (SSSR count). The number of rotatable bonds is 4. The number of carbonyl (C=O) groups is 1. The summed E-state index contributed by atoms with van der Waals surface area (Å²) >= 11 is 0. The van der Waals surface area contributed by atoms with Crippen molar-refractivity contribution in [3.63, 3.8) is 0 Å². The Morgan fingerprint density at radius 3 is 2.75 bits per heavy atom. The van der Waals surface area contributed by atoms with Crippen LogP contribution in [0.15, 0.2) is 42.7 Å². The predicted molar refractivity (Wildman–Crippen MR) is 121 cm³/mol. The molecule has 1 amide bonds. The molecule has 3 aromatic rings. The van der Waals surface area contributed by atoms with Gasteiger partial charge in [-0.1, -0.05) is 19.1 Å². The molecular formula is C24H26N6O2. The van der Waals surface area contributed by atoms with E-state index >= 15 is 0 Å². The van der Waals surface area contributed by atoms with Gasteiger partial charge in [-0.15, -0.1) is 0 Å². The first-order valence-electron chi connectivity index (χ1n) is 10.7. The topological polar surface area (TPSA) is 98.3 Å². The number of carbonyl (C=O) groups excluding carboxylic acids is 1. The molecule has 0 unspecified atom stereocenters. The van der Waals surface area contributed by atoms with Gasteiger partial charge in [-0.25, -0.2) is 9.67 Å². The summed E-state index contributed by atoms with van der Waals surface area (Å²) in [6.45, 7) is 9.49. The fourth-order valence-electron chi connectivity index (χ4n) is 4.17. The van der Waals surface area contributed by atoms with Gasteiger partial charge in [0.15, 0.2) is 11.6 Å². The molecule has 1 aliphatic heterocycles. The second-order valence-electron chi connectivity index (χ2n) is 8.06. The smallest absolute Gasteiger partial charge is 0.255 e. The number of aromatic nitrogens is 3. The summed E-state index contributed by atoms with van der Waals surface area (Å²) in [5, 5.41) is 24.4. The quantitative estimate of drug-likeness (QED) is 0.683. The van der Waals surface area contributed by atoms with Crippen molar-refractivity contribution >= 4 is 5.91 Å². The van der Waals surface area contributed by atoms with E-state index in [-0.39, 0.29) is 17.7 Å². The summed E-state index contributed by atoms with van der Waals surface area (Å²) in [7, 11) is 0. The Balaban J connectivity index is 1.58. The van der Waals surface area contributed by atoms with Gasteiger partial charge in [-0.05, 0) is 44.2 Å². The van der Waals surface area contributed by atoms with E-state index < -0.39 is 0 Å². The Kier molecular flexibility index (Phi) is 5.93. The van der Waals surface area contributed by atoms with Gasteiger partial charge in [0.25, 0.3) is 5.91 Å². The van der Waals surface area contributed by atoms with Crippen LogP contribution in [0.5, 0.6) is 5.75 Å². The van der Waals surface area contributed by atoms with Crippen LogP contribution in [0.25, 0.3) is 17.1 Å². The lowest BCUT2D eigenvalue weighted by Crippen LogP contribution is -2.53. The van der Waals surface area contributed by atoms with Gasteiger partial charge in [-0.3, -0.25) is 9.69 Å². The molecule has 8 nitrogen and oxygen atoms in total. The number of hydrogen-bond donors (Lipinski definition) is 1. The first-order chi connectivity index (χ1) is 15.4. The number of amides is 1. The summed E-state index contributed by atoms with van der Waals surface area (Å²) in [6, 6.07) is 11.1. The third-order valence-corrected chi connectivity index (χ3v) is 5.97. The van der Waals surface area contributed by atoms with E-state index in [1.165, 1.54) is 10.9 Å². The van der Waals surface area contributed by atoms with E-state index in [4.69, 9.17) is 0 Å². The second-order valence-corrected chi connectivity index (χ2v) is 8.06. The molecule has 32 heavy (non-hydrogen) atoms. The van der Waals surface area contributed by atoms with Gasteiger partial charge in [0.1, 0.15) is 5.69 Å². The summed E-state index contributed by atoms with van der Waals surface area (Å²) in [4.78, 5) is 21.6. The monoisotopic (exact) mass is 430 g/mol. The lowest BCUT2D eigenvalue weighted by atomic mass is 10.00. The number of nitriles is 1. The molecule has 0 saturated carbocycles. The SMILES string of the molecule is CCN1CCN(C(=O)c2ccc(-n3cc(O)c(-c4c(C)cccc4C#N)n3)nc2)[C@H](C)C1. The minimum absolute atomic E-state index is 0.0325. The van der Waals surface area contributed by atoms with E-state index in [0.29, 0.717) is 34.7 Å². The van der Waals surface area contributed by atoms with Crippen LogP contribution in [-0.4, -0.2) is 67.8 Å². The number of piperazine rings is 1. The van der Waals surface area contributed by atoms with Crippen molar-refractivity contribution in [2.45, 2.75) is 26.8 Å². The van der Waals surface area contributed by atoms with Crippen LogP contribution in [0.1, 0.15) is 35.3 Å². The standard InChI is InChI=1S/C24H26N6O2/c1-4-28-10-11-29(17(3)14-28)24(32)19-8-9-21(26-13-19)30-15-20(31)23(27-30)22-16(2)6-5-7-18(22)12-25/h5-9,13,15,17,31H,4,10-11,14H2,1-3H3/t17-/m1/s1. The maximum absolute atomic E-state index is 13.0. The fraction of sp³-hybridized carbons (Fsp3) is 0.333. The molecule has 2 aromatic heterocycles. The highest BCUT2D eigenvalue weighted by Gasteiger charge is 2.27. The second kappa shape index (κ2) is 8.81. The Morgan fingerprint density at radius 1 is 1.28 bits per heavy atom. The van der Waals surface area contributed by atoms with Crippen molar-refractivity contribution in [2.75, 3.05) is 26.2 Å². The molecule has 1 saturated heterocycles. The van der Waals surface area contributed by atoms with Crippen molar-refractivity contribution in [3.05, 3.63) is 59.4 Å². The number of aryl methyl sites for hydroxylation is 1. The molecule has 0 radical (unpaired) electrons. The first kappa shape index (κ1) is 21.5. The van der Waals surface area contributed by atoms with E-state index in [1.807, 2.05) is 17.9 Å². The van der Waals surface area contributed by atoms with E-state index in [9.17, 15) is 15.2 Å². The molecule has 1 aromatic carbocycles. The largest absolute Gasteiger partial charge is 0.504 e. The molecule has 0 aliphatic carbocycles. The Bertz CT molecular complexity index is 1180. The van der Waals surface area contributed by atoms with Crippen molar-refractivity contribution < 1.29 is 9.90 Å². The number of nitrogens with zero attached hydrogens (tertiary/aromatic N) is 6. The fourth-order valence-corrected chi connectivity index (χ4v) is 4.17. The van der Waals surface area contributed by atoms with Gasteiger partial charge in [0.2, 0.25) is 0 Å². The van der Waals surface area contributed by atoms with Crippen LogP contribution in [0, 0.1) is 18.3 Å². The van der Waals surface area contributed by atoms with Crippen LogP contribution in [0.2, 0.25) is 0 Å². The minimum atomic E-state index is -0.0413. The molecule has 1 atom stereocenters. The molecule has 164 valence electrons. The van der Waals surface area contributed by atoms with E-state index in [1.54, 1.807) is 30.5 Å². The number of likely N-dealkylation sites (N-methyl/N-ethyl adjacent to an activating group) is 1. The molecule has 1 fully saturated rings. The summed E-state index contributed by atoms with van der Waals surface area (Å²) in [6.07, 6.45) is 3.00. The number of pyridine rings is 1. The van der Waals surface area contributed by atoms with Crippen molar-refractivity contribution in [2.24, 2.45) is 0 Å². The van der Waals surface area contributed by atoms with Crippen molar-refractivity contribution in [3.8, 4) is 28.9 Å². The minimum Gasteiger partial charge on any atom is -0.504 e. The highest BCUT2D eigenvalue weighted by Crippen LogP contribution is 2.33. The predicted octanol–water partition coefficient (Wildman–Crippen LogP) is 2.99. The molecular weight excluding hydrogens is 404 g/mol. The Morgan fingerprint density at radius 2 is 2.09 bits per heavy atom. The lowest BCUT2D eigenvalue weighted by molar-refractivity contribution is 0.0499. The highest BCUT2D eigenvalue weighted by molar-refractivity contribution is 5.94. The van der Waals surface area contributed by atoms with Crippen LogP contribution in [0.4, 0.5) is 0 Å². The molecule has 1 aliphatic rings. The van der Waals surface area contributed by atoms with Crippen LogP contribution in [-0.2, 0) is 0 Å². The summed E-state index contributed by atoms with van der Waals surface area (Å²) in [5.74, 6) is 0.397. The van der Waals surface area contributed by atoms with E-state index in [0.717, 1.165) is 25.2 Å². The van der Waals surface area contributed by atoms with Gasteiger partial charge >= 0.3 is 0 Å². The molecule has 0 bridgehead atoms. The maximum atomic E-state index is 13.0. The average molecular weight is 431 g/mol. The van der Waals surface area contributed by atoms with Gasteiger partial charge in [-0.2, -0.15) is 10.4 Å². The molecule has 8 heteroatoms. The summed E-state index contributed by atoms with van der Waals surface area (Å²) in [5.41, 5.74) is 2.72. The maximum Gasteiger partial charge on any atom is 0.255 e. The Hall–Kier alpha value is -3.70. The van der Waals surface area contributed by atoms with Crippen LogP contribution >= 0.6 is 0 Å². The van der Waals surface area contributed by atoms with Gasteiger partial charge in [0.05, 0.1) is 23.4 Å². The highest BCUT2D eigenvalue weighted by atomic mass is 16.3. The van der Waals surface area contributed by atoms with Crippen LogP contribution in [0.3, 0.4) is 0 Å².